The van der Waals surface area contributed by atoms with Gasteiger partial charge in [-0.25, -0.2) is 0 Å². The Bertz CT molecular complexity index is 190. The van der Waals surface area contributed by atoms with Gasteiger partial charge in [-0.15, -0.1) is 0 Å². The maximum absolute atomic E-state index is 11.8. The smallest absolute Gasteiger partial charge is 0.136 e. The van der Waals surface area contributed by atoms with Crippen LogP contribution in [0.4, 0.5) is 0 Å². The van der Waals surface area contributed by atoms with E-state index in [1.807, 2.05) is 0 Å². The second-order valence-electron chi connectivity index (χ2n) is 6.87. The van der Waals surface area contributed by atoms with Gasteiger partial charge in [-0.05, 0) is 17.3 Å². The van der Waals surface area contributed by atoms with E-state index in [-0.39, 0.29) is 16.7 Å². The third-order valence-corrected chi connectivity index (χ3v) is 2.17. The lowest BCUT2D eigenvalue weighted by molar-refractivity contribution is -0.125. The molecular weight excluding hydrogens is 172 g/mol. The maximum Gasteiger partial charge on any atom is 0.136 e. The normalized spacial score (nSPS) is 15.4. The van der Waals surface area contributed by atoms with Crippen molar-refractivity contribution in [3.05, 3.63) is 0 Å². The summed E-state index contributed by atoms with van der Waals surface area (Å²) in [6.45, 7) is 15.0. The molecular formula is C13H26O. The van der Waals surface area contributed by atoms with Gasteiger partial charge < -0.3 is 0 Å². The molecule has 0 amide bonds. The van der Waals surface area contributed by atoms with Crippen molar-refractivity contribution in [2.24, 2.45) is 16.7 Å². The molecule has 0 saturated carbocycles. The highest BCUT2D eigenvalue weighted by atomic mass is 16.1. The van der Waals surface area contributed by atoms with Crippen molar-refractivity contribution in [3.8, 4) is 0 Å². The fraction of sp³-hybridized carbons (Fsp3) is 0.923. The first-order valence-electron chi connectivity index (χ1n) is 5.54. The molecule has 0 rings (SSSR count). The molecule has 1 nitrogen and oxygen atoms in total. The zero-order valence-corrected chi connectivity index (χ0v) is 10.9. The minimum atomic E-state index is 0.128. The van der Waals surface area contributed by atoms with E-state index in [1.54, 1.807) is 0 Å². The van der Waals surface area contributed by atoms with Crippen LogP contribution in [0.15, 0.2) is 0 Å². The Hall–Kier alpha value is -0.330. The van der Waals surface area contributed by atoms with Crippen molar-refractivity contribution in [3.63, 3.8) is 0 Å². The van der Waals surface area contributed by atoms with Crippen molar-refractivity contribution in [1.29, 1.82) is 0 Å². The number of hydrogen-bond donors (Lipinski definition) is 0. The summed E-state index contributed by atoms with van der Waals surface area (Å²) < 4.78 is 0. The highest BCUT2D eigenvalue weighted by Gasteiger charge is 2.24. The van der Waals surface area contributed by atoms with Crippen LogP contribution in [-0.2, 0) is 4.79 Å². The zero-order chi connectivity index (χ0) is 11.6. The third kappa shape index (κ3) is 7.11. The number of Topliss-reactive ketones (excluding diaryl/α,β-unsaturated/α-hetero) is 1. The van der Waals surface area contributed by atoms with E-state index in [1.165, 1.54) is 0 Å². The summed E-state index contributed by atoms with van der Waals surface area (Å²) in [6, 6.07) is 0. The maximum atomic E-state index is 11.8. The predicted octanol–water partition coefficient (Wildman–Crippen LogP) is 4.06. The molecule has 0 aromatic heterocycles. The third-order valence-electron chi connectivity index (χ3n) is 2.17. The molecule has 0 aliphatic rings. The van der Waals surface area contributed by atoms with Crippen LogP contribution in [0.1, 0.15) is 61.3 Å². The van der Waals surface area contributed by atoms with Gasteiger partial charge >= 0.3 is 0 Å². The van der Waals surface area contributed by atoms with E-state index < -0.39 is 0 Å². The van der Waals surface area contributed by atoms with E-state index >= 15 is 0 Å². The number of rotatable bonds is 3. The minimum absolute atomic E-state index is 0.128. The Kier molecular flexibility index (Phi) is 4.35. The summed E-state index contributed by atoms with van der Waals surface area (Å²) in [4.78, 5) is 11.8. The molecule has 84 valence electrons. The first kappa shape index (κ1) is 13.7. The molecule has 0 aromatic rings. The van der Waals surface area contributed by atoms with Gasteiger partial charge in [-0.1, -0.05) is 48.5 Å². The summed E-state index contributed by atoms with van der Waals surface area (Å²) in [6.07, 6.45) is 1.69. The van der Waals surface area contributed by atoms with Crippen LogP contribution in [0.3, 0.4) is 0 Å². The van der Waals surface area contributed by atoms with Crippen LogP contribution in [0, 0.1) is 16.7 Å². The van der Waals surface area contributed by atoms with Crippen LogP contribution in [0.2, 0.25) is 0 Å². The Balaban J connectivity index is 4.15. The van der Waals surface area contributed by atoms with Gasteiger partial charge in [0.2, 0.25) is 0 Å². The lowest BCUT2D eigenvalue weighted by Crippen LogP contribution is -2.22. The first-order valence-corrected chi connectivity index (χ1v) is 5.54. The van der Waals surface area contributed by atoms with Gasteiger partial charge in [0.05, 0.1) is 0 Å². The second-order valence-corrected chi connectivity index (χ2v) is 6.87. The van der Waals surface area contributed by atoms with Crippen LogP contribution in [-0.4, -0.2) is 5.78 Å². The minimum Gasteiger partial charge on any atom is -0.299 e. The predicted molar refractivity (Wildman–Crippen MR) is 62.3 cm³/mol. The molecule has 0 saturated heterocycles. The summed E-state index contributed by atoms with van der Waals surface area (Å²) >= 11 is 0. The number of ketones is 1. The SMILES string of the molecule is CC(CC(C)(C)C)C(=O)CC(C)(C)C. The quantitative estimate of drug-likeness (QED) is 0.668. The van der Waals surface area contributed by atoms with Crippen LogP contribution < -0.4 is 0 Å². The molecule has 0 N–H and O–H groups in total. The number of hydrogen-bond acceptors (Lipinski definition) is 1. The Morgan fingerprint density at radius 2 is 1.43 bits per heavy atom. The van der Waals surface area contributed by atoms with Crippen LogP contribution >= 0.6 is 0 Å². The van der Waals surface area contributed by atoms with E-state index in [4.69, 9.17) is 0 Å². The first-order chi connectivity index (χ1) is 6.01. The van der Waals surface area contributed by atoms with Crippen molar-refractivity contribution in [2.45, 2.75) is 61.3 Å². The lowest BCUT2D eigenvalue weighted by Gasteiger charge is -2.25. The standard InChI is InChI=1S/C13H26O/c1-10(8-12(2,3)4)11(14)9-13(5,6)7/h10H,8-9H2,1-7H3. The second kappa shape index (κ2) is 4.46. The molecule has 0 spiro atoms. The summed E-state index contributed by atoms with van der Waals surface area (Å²) in [5.41, 5.74) is 0.385. The topological polar surface area (TPSA) is 17.1 Å². The molecule has 0 fully saturated rings. The summed E-state index contributed by atoms with van der Waals surface area (Å²) in [5, 5.41) is 0. The zero-order valence-electron chi connectivity index (χ0n) is 10.9. The molecule has 14 heavy (non-hydrogen) atoms. The Labute approximate surface area is 89.3 Å². The van der Waals surface area contributed by atoms with Crippen LogP contribution in [0.5, 0.6) is 0 Å². The largest absolute Gasteiger partial charge is 0.299 e. The lowest BCUT2D eigenvalue weighted by atomic mass is 9.79. The van der Waals surface area contributed by atoms with E-state index in [0.29, 0.717) is 12.2 Å². The van der Waals surface area contributed by atoms with Crippen molar-refractivity contribution in [2.75, 3.05) is 0 Å². The van der Waals surface area contributed by atoms with Gasteiger partial charge in [0.1, 0.15) is 5.78 Å². The fourth-order valence-electron chi connectivity index (χ4n) is 1.73. The van der Waals surface area contributed by atoms with Gasteiger partial charge in [0.25, 0.3) is 0 Å². The monoisotopic (exact) mass is 198 g/mol. The molecule has 0 aliphatic carbocycles. The van der Waals surface area contributed by atoms with Gasteiger partial charge in [-0.3, -0.25) is 4.79 Å². The van der Waals surface area contributed by atoms with Gasteiger partial charge in [-0.2, -0.15) is 0 Å². The van der Waals surface area contributed by atoms with Crippen LogP contribution in [0.25, 0.3) is 0 Å². The fourth-order valence-corrected chi connectivity index (χ4v) is 1.73. The molecule has 1 unspecified atom stereocenters. The molecule has 0 bridgehead atoms. The van der Waals surface area contributed by atoms with Crippen molar-refractivity contribution >= 4 is 5.78 Å². The molecule has 0 aliphatic heterocycles. The van der Waals surface area contributed by atoms with E-state index in [9.17, 15) is 4.79 Å². The average molecular weight is 198 g/mol. The summed E-state index contributed by atoms with van der Waals surface area (Å²) in [7, 11) is 0. The molecule has 0 heterocycles. The Morgan fingerprint density at radius 3 is 1.71 bits per heavy atom. The average Bonchev–Trinajstić information content (AvgIpc) is 1.78. The highest BCUT2D eigenvalue weighted by molar-refractivity contribution is 5.81. The molecule has 1 heteroatoms. The number of carbonyl (C=O) groups excluding carboxylic acids is 1. The Morgan fingerprint density at radius 1 is 1.00 bits per heavy atom. The summed E-state index contributed by atoms with van der Waals surface area (Å²) in [5.74, 6) is 0.613. The van der Waals surface area contributed by atoms with E-state index in [0.717, 1.165) is 6.42 Å². The van der Waals surface area contributed by atoms with Gasteiger partial charge in [0.15, 0.2) is 0 Å². The molecule has 0 radical (unpaired) electrons. The highest BCUT2D eigenvalue weighted by Crippen LogP contribution is 2.28. The van der Waals surface area contributed by atoms with E-state index in [2.05, 4.69) is 48.5 Å². The van der Waals surface area contributed by atoms with Crippen molar-refractivity contribution in [1.82, 2.24) is 0 Å². The molecule has 0 aromatic carbocycles. The molecule has 1 atom stereocenters. The van der Waals surface area contributed by atoms with Crippen molar-refractivity contribution < 1.29 is 4.79 Å². The number of carbonyl (C=O) groups is 1. The van der Waals surface area contributed by atoms with Gasteiger partial charge in [0, 0.05) is 12.3 Å².